The number of carbonyl (C=O) groups is 1. The lowest BCUT2D eigenvalue weighted by molar-refractivity contribution is -0.274. The molecule has 7 nitrogen and oxygen atoms in total. The first-order chi connectivity index (χ1) is 24.1. The van der Waals surface area contributed by atoms with Crippen LogP contribution in [0, 0.1) is 6.92 Å². The molecule has 1 N–H and O–H groups in total. The maximum absolute atomic E-state index is 12.9. The molecule has 0 amide bonds. The number of ketones is 1. The van der Waals surface area contributed by atoms with Gasteiger partial charge >= 0.3 is 6.36 Å². The lowest BCUT2D eigenvalue weighted by atomic mass is 9.98. The quantitative estimate of drug-likeness (QED) is 0.144. The predicted molar refractivity (Wildman–Crippen MR) is 189 cm³/mol. The fourth-order valence-corrected chi connectivity index (χ4v) is 8.30. The number of nitrogens with zero attached hydrogens (tertiary/aromatic N) is 3. The molecule has 4 aromatic rings. The molecular weight excluding hydrogens is 641 g/mol. The highest BCUT2D eigenvalue weighted by molar-refractivity contribution is 5.96. The number of aromatic nitrogens is 1. The molecule has 4 heterocycles. The standard InChI is InChI=1S/C40H47F3N4O3/c1-27-8-7-11-39(49-2)34(27)25-47-24-30-21-31(47)23-46(30)22-28-12-17-37-33(20-28)35(29-13-15-32(16-14-29)50-40(41,42)43)26-45(37)19-6-4-10-38(48)36-9-3-5-18-44-36/h7-8,11-17,20,26,30-31,36,44H,3-6,9-10,18-19,21-25H2,1-2H3. The minimum absolute atomic E-state index is 0.00375. The first kappa shape index (κ1) is 34.6. The molecule has 0 saturated carbocycles. The maximum atomic E-state index is 12.9. The highest BCUT2D eigenvalue weighted by atomic mass is 19.4. The van der Waals surface area contributed by atoms with Gasteiger partial charge in [-0.1, -0.05) is 36.8 Å². The Morgan fingerprint density at radius 2 is 1.74 bits per heavy atom. The number of piperidine rings is 1. The van der Waals surface area contributed by atoms with Crippen LogP contribution in [-0.2, 0) is 24.4 Å². The number of nitrogens with one attached hydrogen (secondary N) is 1. The van der Waals surface area contributed by atoms with Crippen molar-refractivity contribution in [1.29, 1.82) is 0 Å². The van der Waals surface area contributed by atoms with Gasteiger partial charge in [0.2, 0.25) is 0 Å². The molecule has 3 unspecified atom stereocenters. The number of aryl methyl sites for hydroxylation is 2. The fourth-order valence-electron chi connectivity index (χ4n) is 8.30. The largest absolute Gasteiger partial charge is 0.573 e. The molecule has 3 aliphatic heterocycles. The Morgan fingerprint density at radius 3 is 2.44 bits per heavy atom. The number of hydrogen-bond acceptors (Lipinski definition) is 6. The average Bonchev–Trinajstić information content (AvgIpc) is 3.80. The van der Waals surface area contributed by atoms with Crippen molar-refractivity contribution >= 4 is 16.7 Å². The number of Topliss-reactive ketones (excluding diaryl/α,β-unsaturated/α-hetero) is 1. The number of alkyl halides is 3. The Bertz CT molecular complexity index is 1800. The summed E-state index contributed by atoms with van der Waals surface area (Å²) in [5.74, 6) is 1.03. The van der Waals surface area contributed by atoms with Gasteiger partial charge in [0, 0.05) is 79.5 Å². The van der Waals surface area contributed by atoms with Gasteiger partial charge in [0.05, 0.1) is 13.2 Å². The Labute approximate surface area is 292 Å². The molecule has 0 aliphatic carbocycles. The van der Waals surface area contributed by atoms with E-state index in [4.69, 9.17) is 4.74 Å². The summed E-state index contributed by atoms with van der Waals surface area (Å²) in [5.41, 5.74) is 6.64. The molecule has 7 rings (SSSR count). The zero-order valence-electron chi connectivity index (χ0n) is 29.0. The van der Waals surface area contributed by atoms with Crippen LogP contribution in [0.2, 0.25) is 0 Å². The number of carbonyl (C=O) groups excluding carboxylic acids is 1. The molecule has 3 saturated heterocycles. The Balaban J connectivity index is 1.06. The van der Waals surface area contributed by atoms with Gasteiger partial charge in [-0.15, -0.1) is 13.2 Å². The number of unbranched alkanes of at least 4 members (excludes halogenated alkanes) is 1. The van der Waals surface area contributed by atoms with Crippen molar-refractivity contribution in [2.24, 2.45) is 0 Å². The van der Waals surface area contributed by atoms with Crippen molar-refractivity contribution in [1.82, 2.24) is 19.7 Å². The molecule has 50 heavy (non-hydrogen) atoms. The fraction of sp³-hybridized carbons (Fsp3) is 0.475. The van der Waals surface area contributed by atoms with E-state index in [-0.39, 0.29) is 11.8 Å². The van der Waals surface area contributed by atoms with Crippen LogP contribution in [0.3, 0.4) is 0 Å². The van der Waals surface area contributed by atoms with Crippen molar-refractivity contribution in [3.63, 3.8) is 0 Å². The average molecular weight is 689 g/mol. The van der Waals surface area contributed by atoms with E-state index >= 15 is 0 Å². The second-order valence-electron chi connectivity index (χ2n) is 14.2. The Hall–Kier alpha value is -3.86. The highest BCUT2D eigenvalue weighted by Gasteiger charge is 2.43. The molecule has 266 valence electrons. The molecule has 3 aromatic carbocycles. The topological polar surface area (TPSA) is 59.0 Å². The van der Waals surface area contributed by atoms with Gasteiger partial charge in [0.15, 0.2) is 0 Å². The van der Waals surface area contributed by atoms with Gasteiger partial charge in [-0.25, -0.2) is 0 Å². The van der Waals surface area contributed by atoms with Crippen LogP contribution in [0.1, 0.15) is 61.6 Å². The number of benzene rings is 3. The molecule has 3 aliphatic rings. The number of likely N-dealkylation sites (tertiary alicyclic amines) is 2. The molecule has 3 fully saturated rings. The Morgan fingerprint density at radius 1 is 0.960 bits per heavy atom. The molecule has 10 heteroatoms. The molecular formula is C40H47F3N4O3. The number of methoxy groups -OCH3 is 1. The summed E-state index contributed by atoms with van der Waals surface area (Å²) in [6.45, 7) is 7.61. The summed E-state index contributed by atoms with van der Waals surface area (Å²) in [4.78, 5) is 17.9. The van der Waals surface area contributed by atoms with E-state index in [1.54, 1.807) is 19.2 Å². The first-order valence-electron chi connectivity index (χ1n) is 18.0. The van der Waals surface area contributed by atoms with Crippen LogP contribution in [0.15, 0.2) is 66.9 Å². The third kappa shape index (κ3) is 7.72. The van der Waals surface area contributed by atoms with Crippen LogP contribution in [0.25, 0.3) is 22.0 Å². The molecule has 0 radical (unpaired) electrons. The lowest BCUT2D eigenvalue weighted by Crippen LogP contribution is -2.45. The second kappa shape index (κ2) is 14.8. The zero-order valence-corrected chi connectivity index (χ0v) is 29.0. The van der Waals surface area contributed by atoms with Crippen molar-refractivity contribution < 1.29 is 27.4 Å². The van der Waals surface area contributed by atoms with Crippen LogP contribution in [-0.4, -0.2) is 71.4 Å². The van der Waals surface area contributed by atoms with E-state index in [0.29, 0.717) is 24.3 Å². The van der Waals surface area contributed by atoms with Crippen molar-refractivity contribution in [2.75, 3.05) is 26.7 Å². The van der Waals surface area contributed by atoms with Gasteiger partial charge in [0.25, 0.3) is 0 Å². The van der Waals surface area contributed by atoms with Gasteiger partial charge in [-0.05, 0) is 92.6 Å². The number of fused-ring (bicyclic) bond motifs is 3. The molecule has 2 bridgehead atoms. The summed E-state index contributed by atoms with van der Waals surface area (Å²) in [5, 5.41) is 4.44. The van der Waals surface area contributed by atoms with E-state index in [9.17, 15) is 18.0 Å². The van der Waals surface area contributed by atoms with Gasteiger partial charge in [0.1, 0.15) is 17.3 Å². The van der Waals surface area contributed by atoms with Gasteiger partial charge in [-0.2, -0.15) is 0 Å². The Kier molecular flexibility index (Phi) is 10.2. The van der Waals surface area contributed by atoms with E-state index in [2.05, 4.69) is 61.8 Å². The van der Waals surface area contributed by atoms with E-state index in [1.807, 2.05) is 12.1 Å². The van der Waals surface area contributed by atoms with Crippen molar-refractivity contribution in [3.8, 4) is 22.6 Å². The van der Waals surface area contributed by atoms with Crippen LogP contribution >= 0.6 is 0 Å². The lowest BCUT2D eigenvalue weighted by Gasteiger charge is -2.34. The number of piperazine rings is 1. The van der Waals surface area contributed by atoms with E-state index in [0.717, 1.165) is 106 Å². The predicted octanol–water partition coefficient (Wildman–Crippen LogP) is 7.86. The van der Waals surface area contributed by atoms with E-state index < -0.39 is 6.36 Å². The van der Waals surface area contributed by atoms with Gasteiger partial charge < -0.3 is 19.4 Å². The second-order valence-corrected chi connectivity index (χ2v) is 14.2. The van der Waals surface area contributed by atoms with E-state index in [1.165, 1.54) is 28.8 Å². The summed E-state index contributed by atoms with van der Waals surface area (Å²) in [6, 6.07) is 20.0. The third-order valence-electron chi connectivity index (χ3n) is 10.9. The summed E-state index contributed by atoms with van der Waals surface area (Å²) in [6.07, 6.45) is 3.95. The number of rotatable bonds is 13. The monoisotopic (exact) mass is 688 g/mol. The summed E-state index contributed by atoms with van der Waals surface area (Å²) >= 11 is 0. The highest BCUT2D eigenvalue weighted by Crippen LogP contribution is 2.37. The van der Waals surface area contributed by atoms with Crippen LogP contribution in [0.5, 0.6) is 11.5 Å². The SMILES string of the molecule is COc1cccc(C)c1CN1CC2CC1CN2Cc1ccc2c(c1)c(-c1ccc(OC(F)(F)F)cc1)cn2CCCCC(=O)C1CCCCN1. The van der Waals surface area contributed by atoms with Crippen LogP contribution in [0.4, 0.5) is 13.2 Å². The molecule has 0 spiro atoms. The maximum Gasteiger partial charge on any atom is 0.573 e. The van der Waals surface area contributed by atoms with Crippen molar-refractivity contribution in [2.45, 2.75) is 96.0 Å². The third-order valence-corrected chi connectivity index (χ3v) is 10.9. The zero-order chi connectivity index (χ0) is 34.8. The van der Waals surface area contributed by atoms with Gasteiger partial charge in [-0.3, -0.25) is 14.6 Å². The summed E-state index contributed by atoms with van der Waals surface area (Å²) in [7, 11) is 1.74. The molecule has 1 aromatic heterocycles. The first-order valence-corrected chi connectivity index (χ1v) is 18.0. The number of ether oxygens (including phenoxy) is 2. The normalized spacial score (nSPS) is 21.3. The molecule has 3 atom stereocenters. The minimum atomic E-state index is -4.74. The smallest absolute Gasteiger partial charge is 0.496 e. The number of hydrogen-bond donors (Lipinski definition) is 1. The number of halogens is 3. The van der Waals surface area contributed by atoms with Crippen LogP contribution < -0.4 is 14.8 Å². The van der Waals surface area contributed by atoms with Crippen molar-refractivity contribution in [3.05, 3.63) is 83.6 Å². The summed E-state index contributed by atoms with van der Waals surface area (Å²) < 4.78 is 50.6. The minimum Gasteiger partial charge on any atom is -0.496 e.